The largest absolute Gasteiger partial charge is 0.383 e. The van der Waals surface area contributed by atoms with Gasteiger partial charge in [-0.05, 0) is 59.4 Å². The van der Waals surface area contributed by atoms with Crippen molar-refractivity contribution in [3.63, 3.8) is 0 Å². The lowest BCUT2D eigenvalue weighted by Crippen LogP contribution is -2.22. The molecule has 1 aliphatic carbocycles. The van der Waals surface area contributed by atoms with Crippen LogP contribution >= 0.6 is 0 Å². The lowest BCUT2D eigenvalue weighted by molar-refractivity contribution is 0.580. The third-order valence-corrected chi connectivity index (χ3v) is 7.18. The molecule has 0 radical (unpaired) electrons. The van der Waals surface area contributed by atoms with Gasteiger partial charge in [-0.1, -0.05) is 17.9 Å². The molecule has 1 fully saturated rings. The minimum absolute atomic E-state index is 0.151. The van der Waals surface area contributed by atoms with Gasteiger partial charge in [-0.2, -0.15) is 0 Å². The normalized spacial score (nSPS) is 13.7. The van der Waals surface area contributed by atoms with Gasteiger partial charge in [-0.3, -0.25) is 4.21 Å². The van der Waals surface area contributed by atoms with Crippen molar-refractivity contribution in [2.24, 2.45) is 5.92 Å². The number of nitrogen functional groups attached to an aromatic ring is 1. The van der Waals surface area contributed by atoms with E-state index in [9.17, 15) is 13.0 Å². The van der Waals surface area contributed by atoms with Crippen molar-refractivity contribution in [3.05, 3.63) is 82.8 Å². The predicted octanol–water partition coefficient (Wildman–Crippen LogP) is 4.29. The van der Waals surface area contributed by atoms with Gasteiger partial charge in [0.2, 0.25) is 0 Å². The monoisotopic (exact) mass is 470 g/mol. The Hall–Kier alpha value is -3.64. The second-order valence-corrected chi connectivity index (χ2v) is 10.5. The third kappa shape index (κ3) is 4.91. The second kappa shape index (κ2) is 8.71. The number of nitrogens with zero attached hydrogens (tertiary/aromatic N) is 1. The summed E-state index contributed by atoms with van der Waals surface area (Å²) in [6.45, 7) is 0. The fourth-order valence-electron chi connectivity index (χ4n) is 3.28. The molecule has 1 aromatic heterocycles. The highest BCUT2D eigenvalue weighted by Crippen LogP contribution is 2.34. The first-order valence-corrected chi connectivity index (χ1v) is 12.3. The maximum Gasteiger partial charge on any atom is 0.165 e. The number of thiol groups is 1. The number of pyridine rings is 1. The number of hydrogen-bond acceptors (Lipinski definition) is 4. The van der Waals surface area contributed by atoms with Crippen LogP contribution < -0.4 is 10.5 Å². The van der Waals surface area contributed by atoms with Crippen LogP contribution in [-0.4, -0.2) is 21.2 Å². The molecule has 0 spiro atoms. The molecule has 9 heteroatoms. The van der Waals surface area contributed by atoms with E-state index in [1.165, 1.54) is 30.7 Å². The number of benzene rings is 2. The maximum absolute atomic E-state index is 15.1. The quantitative estimate of drug-likeness (QED) is 0.255. The van der Waals surface area contributed by atoms with Gasteiger partial charge >= 0.3 is 0 Å². The summed E-state index contributed by atoms with van der Waals surface area (Å²) >= 11 is 0. The van der Waals surface area contributed by atoms with Crippen molar-refractivity contribution < 1.29 is 17.4 Å². The molecule has 0 atom stereocenters. The van der Waals surface area contributed by atoms with E-state index in [2.05, 4.69) is 21.5 Å². The van der Waals surface area contributed by atoms with Crippen LogP contribution in [-0.2, 0) is 10.1 Å². The highest BCUT2D eigenvalue weighted by Gasteiger charge is 2.28. The van der Waals surface area contributed by atoms with Crippen LogP contribution in [0.1, 0.15) is 29.5 Å². The summed E-state index contributed by atoms with van der Waals surface area (Å²) in [5.74, 6) is 3.00. The standard InChI is InChI=1S/C24H21F3N4OS/c1-33(32,17-4-2-3-16(25)12-17)31-21-10-9-20(26)18(22(21)27)8-5-14-11-19(24(29)30-13-14)23(28)15-6-7-15/h2-4,9-13,15,28,33H,6-7H2,1H3,(H2,29,30)(H,31,32). The molecule has 5 nitrogen and oxygen atoms in total. The summed E-state index contributed by atoms with van der Waals surface area (Å²) in [5.41, 5.74) is 6.32. The predicted molar refractivity (Wildman–Crippen MR) is 124 cm³/mol. The Morgan fingerprint density at radius 3 is 2.64 bits per heavy atom. The number of aromatic nitrogens is 1. The van der Waals surface area contributed by atoms with Gasteiger partial charge in [-0.15, -0.1) is 0 Å². The van der Waals surface area contributed by atoms with E-state index in [4.69, 9.17) is 11.1 Å². The number of anilines is 2. The van der Waals surface area contributed by atoms with Crippen molar-refractivity contribution in [1.29, 1.82) is 5.41 Å². The Bertz CT molecular complexity index is 1380. The van der Waals surface area contributed by atoms with E-state index in [0.29, 0.717) is 16.8 Å². The van der Waals surface area contributed by atoms with Gasteiger partial charge < -0.3 is 15.9 Å². The number of rotatable bonds is 5. The highest BCUT2D eigenvalue weighted by atomic mass is 32.3. The molecule has 2 aromatic carbocycles. The molecule has 0 unspecified atom stereocenters. The first kappa shape index (κ1) is 22.6. The Balaban J connectivity index is 1.65. The van der Waals surface area contributed by atoms with E-state index < -0.39 is 33.1 Å². The molecule has 4 rings (SSSR count). The fraction of sp³-hybridized carbons (Fsp3) is 0.167. The van der Waals surface area contributed by atoms with Gasteiger partial charge in [-0.25, -0.2) is 18.2 Å². The molecular formula is C24H21F3N4OS. The molecule has 0 bridgehead atoms. The summed E-state index contributed by atoms with van der Waals surface area (Å²) in [5, 5.41) is 8.20. The number of hydrogen-bond donors (Lipinski definition) is 4. The SMILES string of the molecule is C[SH](=O)(Nc1ccc(F)c(C#Cc2cnc(N)c(C(=N)C3CC3)c2)c1F)c1cccc(F)c1. The van der Waals surface area contributed by atoms with E-state index in [0.717, 1.165) is 31.0 Å². The molecule has 1 saturated carbocycles. The van der Waals surface area contributed by atoms with Crippen LogP contribution in [0.2, 0.25) is 0 Å². The summed E-state index contributed by atoms with van der Waals surface area (Å²) in [6.07, 6.45) is 4.53. The van der Waals surface area contributed by atoms with E-state index in [-0.39, 0.29) is 22.3 Å². The minimum atomic E-state index is -3.41. The van der Waals surface area contributed by atoms with Crippen molar-refractivity contribution in [2.75, 3.05) is 16.7 Å². The number of halogens is 3. The van der Waals surface area contributed by atoms with Gasteiger partial charge in [0, 0.05) is 40.1 Å². The summed E-state index contributed by atoms with van der Waals surface area (Å²) in [7, 11) is -3.41. The van der Waals surface area contributed by atoms with Crippen LogP contribution in [0.5, 0.6) is 0 Å². The Kier molecular flexibility index (Phi) is 5.95. The number of nitrogens with one attached hydrogen (secondary N) is 2. The average Bonchev–Trinajstić information content (AvgIpc) is 3.62. The molecule has 0 amide bonds. The molecule has 0 saturated heterocycles. The molecule has 0 aliphatic heterocycles. The van der Waals surface area contributed by atoms with Gasteiger partial charge in [0.05, 0.1) is 11.3 Å². The summed E-state index contributed by atoms with van der Waals surface area (Å²) in [4.78, 5) is 4.21. The molecule has 33 heavy (non-hydrogen) atoms. The molecule has 4 N–H and O–H groups in total. The van der Waals surface area contributed by atoms with E-state index in [1.807, 2.05) is 0 Å². The summed E-state index contributed by atoms with van der Waals surface area (Å²) in [6, 6.07) is 8.88. The topological polar surface area (TPSA) is 91.9 Å². The van der Waals surface area contributed by atoms with Crippen molar-refractivity contribution in [2.45, 2.75) is 17.7 Å². The lowest BCUT2D eigenvalue weighted by Gasteiger charge is -2.23. The lowest BCUT2D eigenvalue weighted by atomic mass is 10.1. The Morgan fingerprint density at radius 2 is 1.94 bits per heavy atom. The van der Waals surface area contributed by atoms with Gasteiger partial charge in [0.1, 0.15) is 17.5 Å². The minimum Gasteiger partial charge on any atom is -0.383 e. The third-order valence-electron chi connectivity index (χ3n) is 5.25. The van der Waals surface area contributed by atoms with Crippen LogP contribution in [0.4, 0.5) is 24.7 Å². The smallest absolute Gasteiger partial charge is 0.165 e. The zero-order valence-corrected chi connectivity index (χ0v) is 18.5. The highest BCUT2D eigenvalue weighted by molar-refractivity contribution is 8.03. The van der Waals surface area contributed by atoms with Crippen LogP contribution in [0.3, 0.4) is 0 Å². The average molecular weight is 471 g/mol. The number of nitrogens with two attached hydrogens (primary N) is 1. The molecule has 3 aromatic rings. The molecule has 170 valence electrons. The molecule has 1 heterocycles. The van der Waals surface area contributed by atoms with Crippen molar-refractivity contribution in [3.8, 4) is 11.8 Å². The zero-order chi connectivity index (χ0) is 23.8. The molecular weight excluding hydrogens is 449 g/mol. The summed E-state index contributed by atoms with van der Waals surface area (Å²) < 4.78 is 58.6. The van der Waals surface area contributed by atoms with Crippen LogP contribution in [0.25, 0.3) is 0 Å². The second-order valence-electron chi connectivity index (χ2n) is 7.89. The fourth-order valence-corrected chi connectivity index (χ4v) is 4.78. The molecule has 1 aliphatic rings. The zero-order valence-electron chi connectivity index (χ0n) is 17.6. The Labute approximate surface area is 190 Å². The van der Waals surface area contributed by atoms with E-state index in [1.54, 1.807) is 6.07 Å². The Morgan fingerprint density at radius 1 is 1.18 bits per heavy atom. The van der Waals surface area contributed by atoms with Gasteiger partial charge in [0.25, 0.3) is 0 Å². The van der Waals surface area contributed by atoms with Crippen molar-refractivity contribution >= 4 is 27.3 Å². The van der Waals surface area contributed by atoms with Gasteiger partial charge in [0.15, 0.2) is 5.82 Å². The first-order valence-electron chi connectivity index (χ1n) is 10.1. The van der Waals surface area contributed by atoms with Crippen LogP contribution in [0.15, 0.2) is 53.6 Å². The first-order chi connectivity index (χ1) is 15.7. The van der Waals surface area contributed by atoms with Crippen molar-refractivity contribution in [1.82, 2.24) is 4.98 Å². The van der Waals surface area contributed by atoms with Crippen LogP contribution in [0, 0.1) is 40.6 Å². The van der Waals surface area contributed by atoms with E-state index >= 15 is 4.39 Å². The maximum atomic E-state index is 15.1.